The van der Waals surface area contributed by atoms with Crippen molar-refractivity contribution in [3.8, 4) is 5.75 Å². The molecular weight excluding hydrogens is 260 g/mol. The highest BCUT2D eigenvalue weighted by Gasteiger charge is 2.12. The van der Waals surface area contributed by atoms with Crippen LogP contribution in [-0.2, 0) is 6.42 Å². The molecule has 0 aliphatic heterocycles. The van der Waals surface area contributed by atoms with Crippen LogP contribution in [0.5, 0.6) is 5.75 Å². The second-order valence-corrected chi connectivity index (χ2v) is 4.66. The number of ether oxygens (including phenoxy) is 1. The fourth-order valence-electron chi connectivity index (χ4n) is 2.07. The van der Waals surface area contributed by atoms with Crippen LogP contribution in [0.3, 0.4) is 0 Å². The van der Waals surface area contributed by atoms with Crippen LogP contribution in [0.4, 0.5) is 8.78 Å². The van der Waals surface area contributed by atoms with E-state index in [1.54, 1.807) is 7.11 Å². The molecule has 1 unspecified atom stereocenters. The molecule has 0 radical (unpaired) electrons. The van der Waals surface area contributed by atoms with E-state index in [4.69, 9.17) is 10.5 Å². The quantitative estimate of drug-likeness (QED) is 0.906. The molecule has 20 heavy (non-hydrogen) atoms. The molecule has 0 heterocycles. The Hall–Kier alpha value is -1.94. The van der Waals surface area contributed by atoms with Crippen molar-refractivity contribution in [3.05, 3.63) is 65.2 Å². The van der Waals surface area contributed by atoms with Crippen molar-refractivity contribution in [3.63, 3.8) is 0 Å². The summed E-state index contributed by atoms with van der Waals surface area (Å²) in [5.41, 5.74) is 7.24. The third-order valence-corrected chi connectivity index (χ3v) is 3.26. The van der Waals surface area contributed by atoms with Gasteiger partial charge in [0, 0.05) is 11.6 Å². The fraction of sp³-hybridized carbons (Fsp3) is 0.250. The Balaban J connectivity index is 2.00. The van der Waals surface area contributed by atoms with Gasteiger partial charge in [-0.3, -0.25) is 0 Å². The number of aryl methyl sites for hydroxylation is 1. The first-order valence-corrected chi connectivity index (χ1v) is 6.43. The predicted octanol–water partition coefficient (Wildman–Crippen LogP) is 3.61. The number of nitrogens with two attached hydrogens (primary N) is 1. The summed E-state index contributed by atoms with van der Waals surface area (Å²) in [5, 5.41) is 0. The number of hydrogen-bond acceptors (Lipinski definition) is 2. The lowest BCUT2D eigenvalue weighted by Gasteiger charge is -2.13. The largest absolute Gasteiger partial charge is 0.497 e. The van der Waals surface area contributed by atoms with Crippen molar-refractivity contribution in [1.82, 2.24) is 0 Å². The van der Waals surface area contributed by atoms with E-state index in [-0.39, 0.29) is 5.56 Å². The zero-order valence-electron chi connectivity index (χ0n) is 11.3. The van der Waals surface area contributed by atoms with Gasteiger partial charge in [-0.1, -0.05) is 12.1 Å². The van der Waals surface area contributed by atoms with E-state index in [1.165, 1.54) is 0 Å². The minimum atomic E-state index is -0.521. The van der Waals surface area contributed by atoms with E-state index in [9.17, 15) is 8.78 Å². The Morgan fingerprint density at radius 3 is 2.45 bits per heavy atom. The van der Waals surface area contributed by atoms with Gasteiger partial charge in [-0.05, 0) is 48.7 Å². The van der Waals surface area contributed by atoms with Gasteiger partial charge >= 0.3 is 0 Å². The van der Waals surface area contributed by atoms with Gasteiger partial charge < -0.3 is 10.5 Å². The van der Waals surface area contributed by atoms with Crippen LogP contribution in [0.15, 0.2) is 42.5 Å². The Morgan fingerprint density at radius 2 is 1.80 bits per heavy atom. The van der Waals surface area contributed by atoms with Crippen LogP contribution in [-0.4, -0.2) is 7.11 Å². The first-order chi connectivity index (χ1) is 9.60. The van der Waals surface area contributed by atoms with E-state index >= 15 is 0 Å². The van der Waals surface area contributed by atoms with Gasteiger partial charge in [-0.25, -0.2) is 8.78 Å². The van der Waals surface area contributed by atoms with Crippen LogP contribution in [0.1, 0.15) is 23.6 Å². The van der Waals surface area contributed by atoms with Crippen molar-refractivity contribution >= 4 is 0 Å². The molecule has 0 amide bonds. The maximum absolute atomic E-state index is 13.6. The second-order valence-electron chi connectivity index (χ2n) is 4.66. The summed E-state index contributed by atoms with van der Waals surface area (Å²) in [7, 11) is 1.61. The van der Waals surface area contributed by atoms with Crippen LogP contribution in [0.2, 0.25) is 0 Å². The predicted molar refractivity (Wildman–Crippen MR) is 74.6 cm³/mol. The highest BCUT2D eigenvalue weighted by atomic mass is 19.1. The summed E-state index contributed by atoms with van der Waals surface area (Å²) in [6, 6.07) is 10.4. The van der Waals surface area contributed by atoms with E-state index in [0.29, 0.717) is 12.8 Å². The average Bonchev–Trinajstić information content (AvgIpc) is 2.47. The molecule has 0 bridgehead atoms. The molecule has 2 rings (SSSR count). The lowest BCUT2D eigenvalue weighted by atomic mass is 9.99. The van der Waals surface area contributed by atoms with Gasteiger partial charge in [0.25, 0.3) is 0 Å². The SMILES string of the molecule is COc1ccc(CCC(N)c2cc(F)ccc2F)cc1. The third kappa shape index (κ3) is 3.54. The first kappa shape index (κ1) is 14.5. The molecule has 0 spiro atoms. The highest BCUT2D eigenvalue weighted by molar-refractivity contribution is 5.28. The lowest BCUT2D eigenvalue weighted by molar-refractivity contribution is 0.414. The Labute approximate surface area is 117 Å². The number of methoxy groups -OCH3 is 1. The molecule has 0 aromatic heterocycles. The number of hydrogen-bond donors (Lipinski definition) is 1. The van der Waals surface area contributed by atoms with Gasteiger partial charge in [-0.15, -0.1) is 0 Å². The van der Waals surface area contributed by atoms with Gasteiger partial charge in [0.2, 0.25) is 0 Å². The minimum Gasteiger partial charge on any atom is -0.497 e. The van der Waals surface area contributed by atoms with Gasteiger partial charge in [0.05, 0.1) is 7.11 Å². The normalized spacial score (nSPS) is 12.2. The summed E-state index contributed by atoms with van der Waals surface area (Å²) in [6.45, 7) is 0. The van der Waals surface area contributed by atoms with Crippen molar-refractivity contribution < 1.29 is 13.5 Å². The van der Waals surface area contributed by atoms with Crippen molar-refractivity contribution in [2.45, 2.75) is 18.9 Å². The second kappa shape index (κ2) is 6.48. The summed E-state index contributed by atoms with van der Waals surface area (Å²) in [6.07, 6.45) is 1.24. The highest BCUT2D eigenvalue weighted by Crippen LogP contribution is 2.21. The maximum atomic E-state index is 13.6. The molecule has 0 aliphatic carbocycles. The molecule has 2 N–H and O–H groups in total. The molecule has 106 valence electrons. The number of halogens is 2. The average molecular weight is 277 g/mol. The molecule has 1 atom stereocenters. The molecule has 2 aromatic carbocycles. The van der Waals surface area contributed by atoms with Crippen molar-refractivity contribution in [2.75, 3.05) is 7.11 Å². The standard InChI is InChI=1S/C16H17F2NO/c1-20-13-6-2-11(3-7-13)4-9-16(19)14-10-12(17)5-8-15(14)18/h2-3,5-8,10,16H,4,9,19H2,1H3. The maximum Gasteiger partial charge on any atom is 0.128 e. The molecule has 4 heteroatoms. The molecule has 2 nitrogen and oxygen atoms in total. The number of benzene rings is 2. The summed E-state index contributed by atoms with van der Waals surface area (Å²) >= 11 is 0. The summed E-state index contributed by atoms with van der Waals surface area (Å²) in [4.78, 5) is 0. The van der Waals surface area contributed by atoms with E-state index in [2.05, 4.69) is 0 Å². The molecule has 0 saturated carbocycles. The molecule has 0 aliphatic rings. The van der Waals surface area contributed by atoms with E-state index in [1.807, 2.05) is 24.3 Å². The van der Waals surface area contributed by atoms with Gasteiger partial charge in [0.1, 0.15) is 17.4 Å². The summed E-state index contributed by atoms with van der Waals surface area (Å²) in [5.74, 6) is -0.149. The molecule has 0 saturated heterocycles. The smallest absolute Gasteiger partial charge is 0.128 e. The van der Waals surface area contributed by atoms with Gasteiger partial charge in [0.15, 0.2) is 0 Å². The zero-order chi connectivity index (χ0) is 14.5. The third-order valence-electron chi connectivity index (χ3n) is 3.26. The van der Waals surface area contributed by atoms with Crippen molar-refractivity contribution in [2.24, 2.45) is 5.73 Å². The van der Waals surface area contributed by atoms with E-state index < -0.39 is 17.7 Å². The van der Waals surface area contributed by atoms with Gasteiger partial charge in [-0.2, -0.15) is 0 Å². The Kier molecular flexibility index (Phi) is 4.69. The Morgan fingerprint density at radius 1 is 1.10 bits per heavy atom. The van der Waals surface area contributed by atoms with Crippen LogP contribution < -0.4 is 10.5 Å². The van der Waals surface area contributed by atoms with Crippen LogP contribution in [0, 0.1) is 11.6 Å². The fourth-order valence-corrected chi connectivity index (χ4v) is 2.07. The minimum absolute atomic E-state index is 0.221. The number of rotatable bonds is 5. The topological polar surface area (TPSA) is 35.2 Å². The van der Waals surface area contributed by atoms with Crippen LogP contribution in [0.25, 0.3) is 0 Å². The lowest BCUT2D eigenvalue weighted by Crippen LogP contribution is -2.13. The molecular formula is C16H17F2NO. The Bertz CT molecular complexity index is 569. The van der Waals surface area contributed by atoms with E-state index in [0.717, 1.165) is 29.5 Å². The molecule has 0 fully saturated rings. The summed E-state index contributed by atoms with van der Waals surface area (Å²) < 4.78 is 31.8. The van der Waals surface area contributed by atoms with Crippen molar-refractivity contribution in [1.29, 1.82) is 0 Å². The monoisotopic (exact) mass is 277 g/mol. The molecule has 2 aromatic rings. The van der Waals surface area contributed by atoms with Crippen LogP contribution >= 0.6 is 0 Å². The first-order valence-electron chi connectivity index (χ1n) is 6.43. The zero-order valence-corrected chi connectivity index (χ0v) is 11.3.